The molecule has 0 radical (unpaired) electrons. The van der Waals surface area contributed by atoms with Crippen LogP contribution in [0.3, 0.4) is 0 Å². The van der Waals surface area contributed by atoms with Crippen molar-refractivity contribution in [3.63, 3.8) is 0 Å². The van der Waals surface area contributed by atoms with Crippen molar-refractivity contribution < 1.29 is 41.0 Å². The van der Waals surface area contributed by atoms with Crippen LogP contribution in [0.5, 0.6) is 11.6 Å². The average Bonchev–Trinajstić information content (AvgIpc) is 3.16. The number of rotatable bonds is 7. The highest BCUT2D eigenvalue weighted by Gasteiger charge is 2.30. The predicted molar refractivity (Wildman–Crippen MR) is 105 cm³/mol. The first kappa shape index (κ1) is 23.3. The molecule has 2 aliphatic heterocycles. The number of nitrogens with one attached hydrogen (secondary N) is 1. The molecule has 0 saturated heterocycles. The highest BCUT2D eigenvalue weighted by atomic mass is 19.4. The third kappa shape index (κ3) is 6.12. The molecular formula is C21H22F5N3O4. The summed E-state index contributed by atoms with van der Waals surface area (Å²) in [5, 5.41) is 7.01. The first-order chi connectivity index (χ1) is 15.7. The van der Waals surface area contributed by atoms with Gasteiger partial charge in [-0.15, -0.1) is 0 Å². The number of ether oxygens (including phenoxy) is 3. The van der Waals surface area contributed by atoms with Crippen molar-refractivity contribution >= 4 is 5.91 Å². The molecule has 7 nitrogen and oxygen atoms in total. The third-order valence-corrected chi connectivity index (χ3v) is 5.25. The average molecular weight is 475 g/mol. The Morgan fingerprint density at radius 1 is 1.30 bits per heavy atom. The minimum Gasteiger partial charge on any atom is -0.491 e. The number of hydrogen-bond acceptors (Lipinski definition) is 5. The lowest BCUT2D eigenvalue weighted by Gasteiger charge is -2.26. The summed E-state index contributed by atoms with van der Waals surface area (Å²) in [6, 6.07) is 5.95. The lowest BCUT2D eigenvalue weighted by atomic mass is 9.99. The van der Waals surface area contributed by atoms with Gasteiger partial charge in [-0.3, -0.25) is 4.79 Å². The number of aryl methyl sites for hydroxylation is 1. The van der Waals surface area contributed by atoms with Gasteiger partial charge in [-0.05, 0) is 23.6 Å². The number of amides is 1. The number of hydrogen-bond donors (Lipinski definition) is 1. The molecule has 0 spiro atoms. The van der Waals surface area contributed by atoms with Gasteiger partial charge in [0, 0.05) is 25.5 Å². The standard InChI is InChI=1S/C21H22F5N3O4/c22-18(23)6-12-1-2-17-13(5-12)7-14(9-32-17)27-20(30)16-8-19-29(28-16)4-3-15(33-19)10-31-11-21(24,25)26/h1-2,5,8,14-15,18H,3-4,6-7,9-11H2,(H,27,30)/t14-,15?/m1/s1. The molecule has 1 unspecified atom stereocenters. The Hall–Kier alpha value is -2.89. The number of carbonyl (C=O) groups is 1. The van der Waals surface area contributed by atoms with Crippen LogP contribution in [0.1, 0.15) is 28.0 Å². The molecule has 33 heavy (non-hydrogen) atoms. The molecule has 1 amide bonds. The van der Waals surface area contributed by atoms with Crippen molar-refractivity contribution in [2.24, 2.45) is 0 Å². The number of benzene rings is 1. The summed E-state index contributed by atoms with van der Waals surface area (Å²) in [4.78, 5) is 12.7. The van der Waals surface area contributed by atoms with Crippen LogP contribution in [0, 0.1) is 0 Å². The Kier molecular flexibility index (Phi) is 6.73. The molecule has 180 valence electrons. The first-order valence-electron chi connectivity index (χ1n) is 10.4. The van der Waals surface area contributed by atoms with Crippen molar-refractivity contribution in [2.45, 2.75) is 50.6 Å². The van der Waals surface area contributed by atoms with Crippen molar-refractivity contribution in [1.82, 2.24) is 15.1 Å². The Bertz CT molecular complexity index is 995. The van der Waals surface area contributed by atoms with Crippen LogP contribution in [0.2, 0.25) is 0 Å². The molecule has 0 fully saturated rings. The first-order valence-corrected chi connectivity index (χ1v) is 10.4. The van der Waals surface area contributed by atoms with Crippen LogP contribution in [0.4, 0.5) is 22.0 Å². The van der Waals surface area contributed by atoms with E-state index in [-0.39, 0.29) is 37.3 Å². The molecule has 0 aliphatic carbocycles. The summed E-state index contributed by atoms with van der Waals surface area (Å²) in [7, 11) is 0. The second kappa shape index (κ2) is 9.54. The van der Waals surface area contributed by atoms with Crippen LogP contribution in [0.25, 0.3) is 0 Å². The van der Waals surface area contributed by atoms with Crippen LogP contribution >= 0.6 is 0 Å². The zero-order valence-corrected chi connectivity index (χ0v) is 17.4. The maximum Gasteiger partial charge on any atom is 0.411 e. The fourth-order valence-corrected chi connectivity index (χ4v) is 3.79. The number of halogens is 5. The van der Waals surface area contributed by atoms with E-state index in [9.17, 15) is 26.7 Å². The topological polar surface area (TPSA) is 74.6 Å². The maximum atomic E-state index is 12.7. The van der Waals surface area contributed by atoms with Gasteiger partial charge < -0.3 is 19.5 Å². The Morgan fingerprint density at radius 3 is 2.88 bits per heavy atom. The zero-order valence-electron chi connectivity index (χ0n) is 17.4. The lowest BCUT2D eigenvalue weighted by Crippen LogP contribution is -2.43. The number of nitrogens with zero attached hydrogens (tertiary/aromatic N) is 2. The van der Waals surface area contributed by atoms with E-state index in [1.807, 2.05) is 0 Å². The molecule has 1 aromatic heterocycles. The summed E-state index contributed by atoms with van der Waals surface area (Å²) in [6.45, 7) is -0.986. The van der Waals surface area contributed by atoms with Crippen LogP contribution in [-0.2, 0) is 24.1 Å². The minimum absolute atomic E-state index is 0.0964. The second-order valence-corrected chi connectivity index (χ2v) is 7.97. The summed E-state index contributed by atoms with van der Waals surface area (Å²) in [5.74, 6) is 0.406. The molecule has 2 atom stereocenters. The molecular weight excluding hydrogens is 453 g/mol. The molecule has 1 aromatic carbocycles. The highest BCUT2D eigenvalue weighted by Crippen LogP contribution is 2.27. The van der Waals surface area contributed by atoms with Gasteiger partial charge in [0.15, 0.2) is 5.69 Å². The van der Waals surface area contributed by atoms with Gasteiger partial charge in [0.25, 0.3) is 5.91 Å². The quantitative estimate of drug-likeness (QED) is 0.623. The van der Waals surface area contributed by atoms with E-state index >= 15 is 0 Å². The van der Waals surface area contributed by atoms with E-state index in [1.54, 1.807) is 18.2 Å². The van der Waals surface area contributed by atoms with Crippen LogP contribution in [-0.4, -0.2) is 60.3 Å². The molecule has 0 saturated carbocycles. The van der Waals surface area contributed by atoms with Crippen molar-refractivity contribution in [3.05, 3.63) is 41.1 Å². The van der Waals surface area contributed by atoms with Gasteiger partial charge >= 0.3 is 6.18 Å². The van der Waals surface area contributed by atoms with E-state index in [4.69, 9.17) is 9.47 Å². The lowest BCUT2D eigenvalue weighted by molar-refractivity contribution is -0.179. The minimum atomic E-state index is -4.41. The molecule has 12 heteroatoms. The molecule has 0 bridgehead atoms. The van der Waals surface area contributed by atoms with E-state index in [1.165, 1.54) is 10.7 Å². The maximum absolute atomic E-state index is 12.7. The fraction of sp³-hybridized carbons (Fsp3) is 0.524. The Labute approximate surface area is 185 Å². The largest absolute Gasteiger partial charge is 0.491 e. The number of carbonyl (C=O) groups excluding carboxylic acids is 1. The summed E-state index contributed by atoms with van der Waals surface area (Å²) in [6.07, 6.45) is -6.98. The van der Waals surface area contributed by atoms with Gasteiger partial charge in [-0.25, -0.2) is 13.5 Å². The number of fused-ring (bicyclic) bond motifs is 2. The van der Waals surface area contributed by atoms with Gasteiger partial charge in [0.05, 0.1) is 12.6 Å². The Morgan fingerprint density at radius 2 is 2.12 bits per heavy atom. The monoisotopic (exact) mass is 475 g/mol. The Balaban J connectivity index is 1.33. The zero-order chi connectivity index (χ0) is 23.6. The van der Waals surface area contributed by atoms with Gasteiger partial charge in [-0.2, -0.15) is 18.3 Å². The van der Waals surface area contributed by atoms with Gasteiger partial charge in [0.2, 0.25) is 12.3 Å². The van der Waals surface area contributed by atoms with Crippen molar-refractivity contribution in [2.75, 3.05) is 19.8 Å². The highest BCUT2D eigenvalue weighted by molar-refractivity contribution is 5.92. The SMILES string of the molecule is O=C(N[C@H]1COc2ccc(CC(F)F)cc2C1)c1cc2n(n1)CCC(COCC(F)(F)F)O2. The van der Waals surface area contributed by atoms with E-state index in [2.05, 4.69) is 15.2 Å². The second-order valence-electron chi connectivity index (χ2n) is 7.97. The summed E-state index contributed by atoms with van der Waals surface area (Å²) in [5.41, 5.74) is 1.32. The molecule has 3 heterocycles. The van der Waals surface area contributed by atoms with Crippen molar-refractivity contribution in [3.8, 4) is 11.6 Å². The molecule has 4 rings (SSSR count). The predicted octanol–water partition coefficient (Wildman–Crippen LogP) is 3.15. The summed E-state index contributed by atoms with van der Waals surface area (Å²) >= 11 is 0. The molecule has 2 aromatic rings. The summed E-state index contributed by atoms with van der Waals surface area (Å²) < 4.78 is 79.4. The third-order valence-electron chi connectivity index (χ3n) is 5.25. The number of alkyl halides is 5. The molecule has 1 N–H and O–H groups in total. The molecule has 2 aliphatic rings. The van der Waals surface area contributed by atoms with E-state index in [0.717, 1.165) is 5.56 Å². The smallest absolute Gasteiger partial charge is 0.411 e. The van der Waals surface area contributed by atoms with Gasteiger partial charge in [0.1, 0.15) is 25.1 Å². The fourth-order valence-electron chi connectivity index (χ4n) is 3.79. The van der Waals surface area contributed by atoms with Gasteiger partial charge in [-0.1, -0.05) is 12.1 Å². The van der Waals surface area contributed by atoms with Crippen LogP contribution < -0.4 is 14.8 Å². The van der Waals surface area contributed by atoms with E-state index < -0.39 is 31.2 Å². The van der Waals surface area contributed by atoms with Crippen molar-refractivity contribution in [1.29, 1.82) is 0 Å². The van der Waals surface area contributed by atoms with Crippen LogP contribution in [0.15, 0.2) is 24.3 Å². The van der Waals surface area contributed by atoms with E-state index in [0.29, 0.717) is 30.7 Å². The number of aromatic nitrogens is 2. The normalized spacial score (nSPS) is 19.9.